The Bertz CT molecular complexity index is 3570. The standard InChI is InChI=1S/C57H42N4/c1-3-40(4-2)60-53-31-28-39(35-48(53)55-41-19-9-8-16-36(41)26-32-54(55)60)38-27-30-52-47(34-38)44-22-13-15-25-50(44)61(52)51-33-29-45(42-20-10-11-21-43(42)51)57-58-49-24-14-12-23-46(49)56(59-57)37-17-6-5-7-18-37/h3-35,49,57-59H,1H2,2H3/b40-4+. The topological polar surface area (TPSA) is 33.9 Å². The molecular formula is C57H42N4. The summed E-state index contributed by atoms with van der Waals surface area (Å²) < 4.78 is 4.81. The van der Waals surface area contributed by atoms with Crippen molar-refractivity contribution in [1.82, 2.24) is 19.8 Å². The van der Waals surface area contributed by atoms with E-state index in [0.717, 1.165) is 11.4 Å². The van der Waals surface area contributed by atoms with E-state index in [2.05, 4.69) is 227 Å². The highest BCUT2D eigenvalue weighted by molar-refractivity contribution is 6.22. The third-order valence-electron chi connectivity index (χ3n) is 12.9. The molecule has 290 valence electrons. The molecule has 3 heterocycles. The first-order valence-electron chi connectivity index (χ1n) is 21.2. The molecule has 0 saturated carbocycles. The van der Waals surface area contributed by atoms with Crippen LogP contribution in [0.3, 0.4) is 0 Å². The fraction of sp³-hybridized carbons (Fsp3) is 0.0526. The summed E-state index contributed by atoms with van der Waals surface area (Å²) in [6.45, 7) is 6.25. The van der Waals surface area contributed by atoms with Gasteiger partial charge < -0.3 is 14.5 Å². The van der Waals surface area contributed by atoms with Crippen molar-refractivity contribution in [2.24, 2.45) is 0 Å². The molecule has 0 radical (unpaired) electrons. The second kappa shape index (κ2) is 14.0. The minimum absolute atomic E-state index is 0.0922. The van der Waals surface area contributed by atoms with Crippen molar-refractivity contribution in [3.8, 4) is 16.8 Å². The van der Waals surface area contributed by atoms with Crippen LogP contribution in [0.25, 0.3) is 93.4 Å². The summed E-state index contributed by atoms with van der Waals surface area (Å²) in [6.07, 6.45) is 12.7. The van der Waals surface area contributed by atoms with Gasteiger partial charge in [-0.05, 0) is 99.4 Å². The van der Waals surface area contributed by atoms with Crippen molar-refractivity contribution < 1.29 is 0 Å². The average Bonchev–Trinajstić information content (AvgIpc) is 3.84. The van der Waals surface area contributed by atoms with Gasteiger partial charge in [0.1, 0.15) is 6.17 Å². The molecule has 61 heavy (non-hydrogen) atoms. The van der Waals surface area contributed by atoms with E-state index in [1.807, 2.05) is 6.08 Å². The van der Waals surface area contributed by atoms with Crippen molar-refractivity contribution >= 4 is 76.6 Å². The van der Waals surface area contributed by atoms with Crippen LogP contribution in [-0.2, 0) is 0 Å². The fourth-order valence-corrected chi connectivity index (χ4v) is 10.1. The molecule has 1 aliphatic heterocycles. The van der Waals surface area contributed by atoms with Crippen LogP contribution in [0, 0.1) is 0 Å². The minimum Gasteiger partial charge on any atom is -0.365 e. The van der Waals surface area contributed by atoms with Gasteiger partial charge in [-0.25, -0.2) is 0 Å². The maximum atomic E-state index is 4.17. The number of nitrogens with zero attached hydrogens (tertiary/aromatic N) is 2. The molecule has 0 saturated heterocycles. The highest BCUT2D eigenvalue weighted by atomic mass is 15.2. The zero-order valence-corrected chi connectivity index (χ0v) is 33.8. The third-order valence-corrected chi connectivity index (χ3v) is 12.9. The van der Waals surface area contributed by atoms with Gasteiger partial charge in [0.05, 0.1) is 33.8 Å². The molecule has 4 nitrogen and oxygen atoms in total. The smallest absolute Gasteiger partial charge is 0.105 e. The van der Waals surface area contributed by atoms with E-state index in [0.29, 0.717) is 0 Å². The predicted octanol–water partition coefficient (Wildman–Crippen LogP) is 14.0. The van der Waals surface area contributed by atoms with Crippen molar-refractivity contribution in [1.29, 1.82) is 0 Å². The maximum Gasteiger partial charge on any atom is 0.105 e. The van der Waals surface area contributed by atoms with E-state index in [-0.39, 0.29) is 12.2 Å². The van der Waals surface area contributed by atoms with Crippen LogP contribution in [0.2, 0.25) is 0 Å². The number of hydrogen-bond acceptors (Lipinski definition) is 2. The molecule has 2 aliphatic rings. The molecule has 8 aromatic carbocycles. The van der Waals surface area contributed by atoms with Crippen LogP contribution in [0.5, 0.6) is 0 Å². The van der Waals surface area contributed by atoms with Crippen molar-refractivity contribution in [2.75, 3.05) is 0 Å². The fourth-order valence-electron chi connectivity index (χ4n) is 10.1. The summed E-state index contributed by atoms with van der Waals surface area (Å²) in [5.41, 5.74) is 14.2. The predicted molar refractivity (Wildman–Crippen MR) is 259 cm³/mol. The van der Waals surface area contributed by atoms with Crippen molar-refractivity contribution in [3.05, 3.63) is 224 Å². The third kappa shape index (κ3) is 5.43. The first kappa shape index (κ1) is 35.3. The molecule has 0 amide bonds. The summed E-state index contributed by atoms with van der Waals surface area (Å²) in [5.74, 6) is 0. The number of aromatic nitrogens is 2. The Hall–Kier alpha value is -7.66. The number of hydrogen-bond donors (Lipinski definition) is 2. The number of rotatable bonds is 6. The Balaban J connectivity index is 1.01. The molecule has 12 rings (SSSR count). The lowest BCUT2D eigenvalue weighted by molar-refractivity contribution is 0.462. The number of para-hydroxylation sites is 1. The Morgan fingerprint density at radius 1 is 0.574 bits per heavy atom. The van der Waals surface area contributed by atoms with Gasteiger partial charge in [-0.1, -0.05) is 158 Å². The van der Waals surface area contributed by atoms with Crippen molar-refractivity contribution in [2.45, 2.75) is 19.1 Å². The number of allylic oxidation sites excluding steroid dienone is 5. The number of nitrogens with one attached hydrogen (secondary N) is 2. The van der Waals surface area contributed by atoms with Gasteiger partial charge in [-0.15, -0.1) is 0 Å². The molecule has 2 atom stereocenters. The molecule has 2 N–H and O–H groups in total. The Kier molecular flexibility index (Phi) is 8.09. The number of fused-ring (bicyclic) bond motifs is 10. The quantitative estimate of drug-likeness (QED) is 0.165. The molecule has 10 aromatic rings. The molecule has 4 heteroatoms. The lowest BCUT2D eigenvalue weighted by atomic mass is 9.91. The molecular weight excluding hydrogens is 741 g/mol. The van der Waals surface area contributed by atoms with Crippen LogP contribution < -0.4 is 10.6 Å². The van der Waals surface area contributed by atoms with Crippen molar-refractivity contribution in [3.63, 3.8) is 0 Å². The molecule has 2 unspecified atom stereocenters. The number of benzene rings is 8. The lowest BCUT2D eigenvalue weighted by Gasteiger charge is -2.36. The monoisotopic (exact) mass is 782 g/mol. The van der Waals surface area contributed by atoms with Gasteiger partial charge in [0.25, 0.3) is 0 Å². The van der Waals surface area contributed by atoms with Gasteiger partial charge in [0.15, 0.2) is 0 Å². The molecule has 0 bridgehead atoms. The Labute approximate surface area is 354 Å². The maximum absolute atomic E-state index is 4.17. The minimum atomic E-state index is -0.0922. The van der Waals surface area contributed by atoms with E-state index in [9.17, 15) is 0 Å². The van der Waals surface area contributed by atoms with Gasteiger partial charge in [-0.2, -0.15) is 0 Å². The summed E-state index contributed by atoms with van der Waals surface area (Å²) in [4.78, 5) is 0. The van der Waals surface area contributed by atoms with E-state index >= 15 is 0 Å². The summed E-state index contributed by atoms with van der Waals surface area (Å²) in [5, 5.41) is 17.7. The zero-order chi connectivity index (χ0) is 40.6. The summed E-state index contributed by atoms with van der Waals surface area (Å²) in [6, 6.07) is 60.3. The van der Waals surface area contributed by atoms with Crippen LogP contribution in [-0.4, -0.2) is 15.2 Å². The van der Waals surface area contributed by atoms with Crippen LogP contribution >= 0.6 is 0 Å². The van der Waals surface area contributed by atoms with Gasteiger partial charge in [0.2, 0.25) is 0 Å². The Morgan fingerprint density at radius 3 is 2.08 bits per heavy atom. The molecule has 1 aliphatic carbocycles. The van der Waals surface area contributed by atoms with Crippen LogP contribution in [0.1, 0.15) is 24.2 Å². The average molecular weight is 783 g/mol. The SMILES string of the molecule is C=C/C(=C\C)n1c2ccc(-c3ccc4c(c3)c3ccccc3n4-c3ccc(C4NC(c5ccccc5)=C5C=CC=CC5N4)c4ccccc34)cc2c2c3ccccc3ccc21. The summed E-state index contributed by atoms with van der Waals surface area (Å²) >= 11 is 0. The van der Waals surface area contributed by atoms with E-state index < -0.39 is 0 Å². The van der Waals surface area contributed by atoms with Gasteiger partial charge in [-0.3, -0.25) is 5.32 Å². The first-order chi connectivity index (χ1) is 30.2. The molecule has 0 fully saturated rings. The Morgan fingerprint density at radius 2 is 1.26 bits per heavy atom. The van der Waals surface area contributed by atoms with E-state index in [4.69, 9.17) is 0 Å². The normalized spacial score (nSPS) is 16.6. The molecule has 0 spiro atoms. The highest BCUT2D eigenvalue weighted by Gasteiger charge is 2.29. The zero-order valence-electron chi connectivity index (χ0n) is 33.8. The van der Waals surface area contributed by atoms with Crippen LogP contribution in [0.4, 0.5) is 0 Å². The lowest BCUT2D eigenvalue weighted by Crippen LogP contribution is -2.45. The van der Waals surface area contributed by atoms with E-state index in [1.165, 1.54) is 98.7 Å². The second-order valence-electron chi connectivity index (χ2n) is 16.1. The second-order valence-corrected chi connectivity index (χ2v) is 16.1. The largest absolute Gasteiger partial charge is 0.365 e. The van der Waals surface area contributed by atoms with Crippen LogP contribution in [0.15, 0.2) is 212 Å². The summed E-state index contributed by atoms with van der Waals surface area (Å²) in [7, 11) is 0. The van der Waals surface area contributed by atoms with Gasteiger partial charge >= 0.3 is 0 Å². The van der Waals surface area contributed by atoms with Gasteiger partial charge in [0, 0.05) is 38.3 Å². The highest BCUT2D eigenvalue weighted by Crippen LogP contribution is 2.42. The van der Waals surface area contributed by atoms with E-state index in [1.54, 1.807) is 0 Å². The first-order valence-corrected chi connectivity index (χ1v) is 21.2. The molecule has 2 aromatic heterocycles.